The van der Waals surface area contributed by atoms with Crippen LogP contribution in [0.1, 0.15) is 58.3 Å². The molecule has 0 aromatic rings. The van der Waals surface area contributed by atoms with Crippen LogP contribution in [0.25, 0.3) is 0 Å². The number of hydrogen-bond acceptors (Lipinski definition) is 2. The summed E-state index contributed by atoms with van der Waals surface area (Å²) in [5.74, 6) is 3.04. The maximum Gasteiger partial charge on any atom is 0.221 e. The lowest BCUT2D eigenvalue weighted by atomic mass is 9.49. The number of carbonyl (C=O) groups excluding carboxylic acids is 1. The van der Waals surface area contributed by atoms with Gasteiger partial charge >= 0.3 is 0 Å². The summed E-state index contributed by atoms with van der Waals surface area (Å²) in [7, 11) is 0. The van der Waals surface area contributed by atoms with Crippen LogP contribution < -0.4 is 11.1 Å². The summed E-state index contributed by atoms with van der Waals surface area (Å²) in [6.45, 7) is 2.95. The average Bonchev–Trinajstić information content (AvgIpc) is 2.35. The predicted octanol–water partition coefficient (Wildman–Crippen LogP) is 2.45. The molecule has 3 heteroatoms. The van der Waals surface area contributed by atoms with Crippen molar-refractivity contribution in [3.63, 3.8) is 0 Å². The van der Waals surface area contributed by atoms with Gasteiger partial charge in [0, 0.05) is 19.0 Å². The highest BCUT2D eigenvalue weighted by Crippen LogP contribution is 2.59. The van der Waals surface area contributed by atoms with E-state index in [2.05, 4.69) is 5.32 Å². The molecule has 0 heterocycles. The highest BCUT2D eigenvalue weighted by atomic mass is 16.1. The summed E-state index contributed by atoms with van der Waals surface area (Å²) in [5.41, 5.74) is 6.29. The lowest BCUT2D eigenvalue weighted by molar-refractivity contribution is -0.123. The zero-order valence-corrected chi connectivity index (χ0v) is 12.2. The molecule has 0 saturated heterocycles. The van der Waals surface area contributed by atoms with Crippen molar-refractivity contribution in [3.05, 3.63) is 0 Å². The van der Waals surface area contributed by atoms with Gasteiger partial charge < -0.3 is 11.1 Å². The fourth-order valence-electron chi connectivity index (χ4n) is 5.25. The molecule has 3 nitrogen and oxygen atoms in total. The second-order valence-corrected chi connectivity index (χ2v) is 7.57. The van der Waals surface area contributed by atoms with Crippen molar-refractivity contribution >= 4 is 5.91 Å². The van der Waals surface area contributed by atoms with Gasteiger partial charge in [-0.3, -0.25) is 4.79 Å². The third-order valence-corrected chi connectivity index (χ3v) is 5.80. The van der Waals surface area contributed by atoms with E-state index in [0.717, 1.165) is 30.7 Å². The summed E-state index contributed by atoms with van der Waals surface area (Å²) >= 11 is 0. The Morgan fingerprint density at radius 1 is 1.21 bits per heavy atom. The Balaban J connectivity index is 1.54. The van der Waals surface area contributed by atoms with Gasteiger partial charge in [-0.25, -0.2) is 0 Å². The van der Waals surface area contributed by atoms with Crippen molar-refractivity contribution in [2.45, 2.75) is 64.3 Å². The maximum atomic E-state index is 11.9. The number of nitrogens with one attached hydrogen (secondary N) is 1. The Labute approximate surface area is 116 Å². The molecule has 0 spiro atoms. The van der Waals surface area contributed by atoms with E-state index < -0.39 is 0 Å². The van der Waals surface area contributed by atoms with Crippen molar-refractivity contribution in [2.24, 2.45) is 28.9 Å². The van der Waals surface area contributed by atoms with E-state index in [4.69, 9.17) is 5.73 Å². The van der Waals surface area contributed by atoms with E-state index in [-0.39, 0.29) is 11.9 Å². The van der Waals surface area contributed by atoms with E-state index in [1.807, 2.05) is 6.92 Å². The van der Waals surface area contributed by atoms with Gasteiger partial charge in [-0.2, -0.15) is 0 Å². The number of nitrogens with two attached hydrogens (primary N) is 1. The van der Waals surface area contributed by atoms with E-state index in [0.29, 0.717) is 11.8 Å². The van der Waals surface area contributed by atoms with Crippen molar-refractivity contribution in [3.8, 4) is 0 Å². The molecule has 108 valence electrons. The molecule has 4 saturated carbocycles. The average molecular weight is 264 g/mol. The molecule has 19 heavy (non-hydrogen) atoms. The van der Waals surface area contributed by atoms with Gasteiger partial charge in [-0.15, -0.1) is 0 Å². The Morgan fingerprint density at radius 3 is 2.21 bits per heavy atom. The van der Waals surface area contributed by atoms with E-state index in [1.54, 1.807) is 0 Å². The van der Waals surface area contributed by atoms with Gasteiger partial charge in [0.25, 0.3) is 0 Å². The highest BCUT2D eigenvalue weighted by molar-refractivity contribution is 5.76. The van der Waals surface area contributed by atoms with Crippen LogP contribution in [0.3, 0.4) is 0 Å². The van der Waals surface area contributed by atoms with E-state index in [1.165, 1.54) is 38.5 Å². The largest absolute Gasteiger partial charge is 0.355 e. The zero-order valence-electron chi connectivity index (χ0n) is 12.2. The number of hydrogen-bond donors (Lipinski definition) is 2. The molecule has 4 aliphatic carbocycles. The van der Waals surface area contributed by atoms with Crippen molar-refractivity contribution in [2.75, 3.05) is 6.54 Å². The van der Waals surface area contributed by atoms with Crippen LogP contribution in [0.15, 0.2) is 0 Å². The van der Waals surface area contributed by atoms with Crippen LogP contribution in [0.5, 0.6) is 0 Å². The molecule has 4 bridgehead atoms. The van der Waals surface area contributed by atoms with Crippen LogP contribution >= 0.6 is 0 Å². The molecular formula is C16H28N2O. The van der Waals surface area contributed by atoms with Gasteiger partial charge in [0.1, 0.15) is 0 Å². The first-order chi connectivity index (χ1) is 9.08. The summed E-state index contributed by atoms with van der Waals surface area (Å²) in [6, 6.07) is 0.0244. The zero-order chi connectivity index (χ0) is 13.5. The molecule has 1 atom stereocenters. The van der Waals surface area contributed by atoms with Gasteiger partial charge in [0.2, 0.25) is 5.91 Å². The fourth-order valence-corrected chi connectivity index (χ4v) is 5.25. The monoisotopic (exact) mass is 264 g/mol. The third-order valence-electron chi connectivity index (χ3n) is 5.80. The molecule has 3 N–H and O–H groups in total. The van der Waals surface area contributed by atoms with Gasteiger partial charge in [0.05, 0.1) is 0 Å². The second kappa shape index (κ2) is 5.08. The normalized spacial score (nSPS) is 41.3. The Morgan fingerprint density at radius 2 is 1.74 bits per heavy atom. The van der Waals surface area contributed by atoms with Crippen LogP contribution in [0.4, 0.5) is 0 Å². The lowest BCUT2D eigenvalue weighted by Crippen LogP contribution is -2.51. The molecule has 4 fully saturated rings. The minimum absolute atomic E-state index is 0.0244. The highest BCUT2D eigenvalue weighted by Gasteiger charge is 2.50. The summed E-state index contributed by atoms with van der Waals surface area (Å²) in [6.07, 6.45) is 9.85. The van der Waals surface area contributed by atoms with Crippen molar-refractivity contribution < 1.29 is 4.79 Å². The topological polar surface area (TPSA) is 55.1 Å². The molecule has 0 aromatic heterocycles. The summed E-state index contributed by atoms with van der Waals surface area (Å²) < 4.78 is 0. The van der Waals surface area contributed by atoms with Gasteiger partial charge in [-0.05, 0) is 68.1 Å². The van der Waals surface area contributed by atoms with Crippen LogP contribution in [0, 0.1) is 23.2 Å². The molecule has 0 radical (unpaired) electrons. The van der Waals surface area contributed by atoms with E-state index >= 15 is 0 Å². The first-order valence-electron chi connectivity index (χ1n) is 8.11. The first-order valence-corrected chi connectivity index (χ1v) is 8.11. The van der Waals surface area contributed by atoms with Crippen LogP contribution in [-0.4, -0.2) is 18.5 Å². The minimum Gasteiger partial charge on any atom is -0.355 e. The number of rotatable bonds is 5. The fraction of sp³-hybridized carbons (Fsp3) is 0.938. The first kappa shape index (κ1) is 13.4. The molecule has 4 aliphatic rings. The summed E-state index contributed by atoms with van der Waals surface area (Å²) in [5, 5.41) is 3.19. The van der Waals surface area contributed by atoms with Gasteiger partial charge in [-0.1, -0.05) is 6.92 Å². The predicted molar refractivity (Wildman–Crippen MR) is 76.5 cm³/mol. The SMILES string of the molecule is CCC(N)CC(=O)NCC12CC3CC(CC(C3)C1)C2. The van der Waals surface area contributed by atoms with Crippen LogP contribution in [0.2, 0.25) is 0 Å². The summed E-state index contributed by atoms with van der Waals surface area (Å²) in [4.78, 5) is 11.9. The van der Waals surface area contributed by atoms with Crippen molar-refractivity contribution in [1.82, 2.24) is 5.32 Å². The maximum absolute atomic E-state index is 11.9. The smallest absolute Gasteiger partial charge is 0.221 e. The molecule has 1 unspecified atom stereocenters. The second-order valence-electron chi connectivity index (χ2n) is 7.57. The Hall–Kier alpha value is -0.570. The molecule has 4 rings (SSSR count). The number of carbonyl (C=O) groups is 1. The standard InChI is InChI=1S/C16H28N2O/c1-2-14(17)6-15(19)18-10-16-7-11-3-12(8-16)5-13(4-11)9-16/h11-14H,2-10,17H2,1H3,(H,18,19). The minimum atomic E-state index is 0.0244. The Bertz CT molecular complexity index is 317. The third kappa shape index (κ3) is 2.81. The van der Waals surface area contributed by atoms with Crippen molar-refractivity contribution in [1.29, 1.82) is 0 Å². The molecule has 0 aromatic carbocycles. The Kier molecular flexibility index (Phi) is 3.59. The number of amides is 1. The molecule has 0 aliphatic heterocycles. The lowest BCUT2D eigenvalue weighted by Gasteiger charge is -2.56. The van der Waals surface area contributed by atoms with Crippen LogP contribution in [-0.2, 0) is 4.79 Å². The quantitative estimate of drug-likeness (QED) is 0.801. The van der Waals surface area contributed by atoms with Gasteiger partial charge in [0.15, 0.2) is 0 Å². The van der Waals surface area contributed by atoms with E-state index in [9.17, 15) is 4.79 Å². The molecular weight excluding hydrogens is 236 g/mol. The molecule has 1 amide bonds.